The van der Waals surface area contributed by atoms with E-state index in [0.717, 1.165) is 32.1 Å². The minimum absolute atomic E-state index is 0.0324. The number of carbonyl (C=O) groups is 2. The summed E-state index contributed by atoms with van der Waals surface area (Å²) in [6.45, 7) is 7.01. The molecule has 0 radical (unpaired) electrons. The van der Waals surface area contributed by atoms with Gasteiger partial charge in [-0.2, -0.15) is 0 Å². The molecule has 2 amide bonds. The van der Waals surface area contributed by atoms with Gasteiger partial charge in [-0.05, 0) is 38.0 Å². The predicted molar refractivity (Wildman–Crippen MR) is 74.6 cm³/mol. The van der Waals surface area contributed by atoms with Gasteiger partial charge < -0.3 is 10.2 Å². The van der Waals surface area contributed by atoms with Crippen LogP contribution in [-0.2, 0) is 9.59 Å². The molecule has 4 nitrogen and oxygen atoms in total. The summed E-state index contributed by atoms with van der Waals surface area (Å²) in [6.07, 6.45) is 5.45. The highest BCUT2D eigenvalue weighted by Gasteiger charge is 2.45. The molecule has 19 heavy (non-hydrogen) atoms. The fraction of sp³-hybridized carbons (Fsp3) is 0.867. The van der Waals surface area contributed by atoms with Crippen LogP contribution in [0.1, 0.15) is 59.3 Å². The third-order valence-electron chi connectivity index (χ3n) is 5.05. The molecule has 0 aromatic rings. The number of hydrogen-bond donors (Lipinski definition) is 1. The highest BCUT2D eigenvalue weighted by molar-refractivity contribution is 5.91. The van der Waals surface area contributed by atoms with Crippen molar-refractivity contribution in [1.29, 1.82) is 0 Å². The van der Waals surface area contributed by atoms with Gasteiger partial charge in [-0.25, -0.2) is 0 Å². The van der Waals surface area contributed by atoms with Crippen molar-refractivity contribution in [1.82, 2.24) is 10.2 Å². The molecular formula is C15H26N2O2. The largest absolute Gasteiger partial charge is 0.344 e. The smallest absolute Gasteiger partial charge is 0.245 e. The highest BCUT2D eigenvalue weighted by atomic mass is 16.2. The molecule has 4 heteroatoms. The van der Waals surface area contributed by atoms with Crippen molar-refractivity contribution in [2.75, 3.05) is 6.54 Å². The molecule has 1 saturated heterocycles. The summed E-state index contributed by atoms with van der Waals surface area (Å²) in [4.78, 5) is 26.6. The Labute approximate surface area is 115 Å². The first-order chi connectivity index (χ1) is 9.07. The maximum absolute atomic E-state index is 12.8. The summed E-state index contributed by atoms with van der Waals surface area (Å²) >= 11 is 0. The van der Waals surface area contributed by atoms with Crippen LogP contribution in [0.15, 0.2) is 0 Å². The summed E-state index contributed by atoms with van der Waals surface area (Å²) in [5, 5.41) is 2.93. The average Bonchev–Trinajstić information content (AvgIpc) is 3.24. The van der Waals surface area contributed by atoms with Gasteiger partial charge in [0.05, 0.1) is 0 Å². The van der Waals surface area contributed by atoms with Gasteiger partial charge in [-0.15, -0.1) is 0 Å². The molecular weight excluding hydrogens is 240 g/mol. The Morgan fingerprint density at radius 2 is 1.74 bits per heavy atom. The van der Waals surface area contributed by atoms with E-state index in [2.05, 4.69) is 26.1 Å². The molecule has 2 aliphatic rings. The molecule has 2 fully saturated rings. The van der Waals surface area contributed by atoms with Crippen molar-refractivity contribution in [2.45, 2.75) is 70.9 Å². The molecule has 0 aromatic carbocycles. The number of rotatable bonds is 5. The zero-order valence-electron chi connectivity index (χ0n) is 12.4. The summed E-state index contributed by atoms with van der Waals surface area (Å²) in [6, 6.07) is -0.265. The molecule has 1 N–H and O–H groups in total. The maximum atomic E-state index is 12.8. The van der Waals surface area contributed by atoms with Gasteiger partial charge in [-0.3, -0.25) is 9.59 Å². The Kier molecular flexibility index (Phi) is 4.16. The van der Waals surface area contributed by atoms with E-state index in [-0.39, 0.29) is 23.4 Å². The normalized spacial score (nSPS) is 25.2. The van der Waals surface area contributed by atoms with E-state index in [1.807, 2.05) is 4.90 Å². The van der Waals surface area contributed by atoms with Crippen molar-refractivity contribution < 1.29 is 9.59 Å². The molecule has 1 saturated carbocycles. The lowest BCUT2D eigenvalue weighted by Gasteiger charge is -2.43. The molecule has 0 aromatic heterocycles. The number of amides is 2. The first-order valence-electron chi connectivity index (χ1n) is 7.68. The van der Waals surface area contributed by atoms with E-state index in [1.54, 1.807) is 0 Å². The predicted octanol–water partition coefficient (Wildman–Crippen LogP) is 2.08. The fourth-order valence-corrected chi connectivity index (χ4v) is 3.34. The number of nitrogens with zero attached hydrogens (tertiary/aromatic N) is 1. The fourth-order valence-electron chi connectivity index (χ4n) is 3.34. The molecule has 0 spiro atoms. The van der Waals surface area contributed by atoms with Gasteiger partial charge >= 0.3 is 0 Å². The van der Waals surface area contributed by atoms with Gasteiger partial charge in [0.2, 0.25) is 11.8 Å². The third-order valence-corrected chi connectivity index (χ3v) is 5.05. The molecule has 1 unspecified atom stereocenters. The standard InChI is InChI=1S/C15H26N2O2/c1-4-15(5-2,6-3)17-10-9-12(18)16-13(14(17)19)11-7-8-11/h11,13H,4-10H2,1-3H3,(H,16,18). The van der Waals surface area contributed by atoms with E-state index in [4.69, 9.17) is 0 Å². The zero-order chi connectivity index (χ0) is 14.0. The molecule has 0 bridgehead atoms. The first-order valence-corrected chi connectivity index (χ1v) is 7.68. The second-order valence-electron chi connectivity index (χ2n) is 5.91. The van der Waals surface area contributed by atoms with Crippen molar-refractivity contribution in [2.24, 2.45) is 5.92 Å². The number of carbonyl (C=O) groups excluding carboxylic acids is 2. The monoisotopic (exact) mass is 266 g/mol. The number of nitrogens with one attached hydrogen (secondary N) is 1. The Balaban J connectivity index is 2.26. The Morgan fingerprint density at radius 1 is 1.16 bits per heavy atom. The Morgan fingerprint density at radius 3 is 2.21 bits per heavy atom. The molecule has 2 rings (SSSR count). The quantitative estimate of drug-likeness (QED) is 0.828. The topological polar surface area (TPSA) is 49.4 Å². The second kappa shape index (κ2) is 5.51. The summed E-state index contributed by atoms with van der Waals surface area (Å²) in [5.74, 6) is 0.559. The maximum Gasteiger partial charge on any atom is 0.245 e. The van der Waals surface area contributed by atoms with E-state index in [9.17, 15) is 9.59 Å². The molecule has 1 heterocycles. The SMILES string of the molecule is CCC(CC)(CC)N1CCC(=O)NC(C2CC2)C1=O. The molecule has 1 aliphatic carbocycles. The Hall–Kier alpha value is -1.06. The minimum atomic E-state index is -0.265. The lowest BCUT2D eigenvalue weighted by atomic mass is 9.86. The van der Waals surface area contributed by atoms with Crippen LogP contribution < -0.4 is 5.32 Å². The van der Waals surface area contributed by atoms with Crippen LogP contribution in [0.25, 0.3) is 0 Å². The van der Waals surface area contributed by atoms with E-state index in [0.29, 0.717) is 18.9 Å². The van der Waals surface area contributed by atoms with Crippen molar-refractivity contribution >= 4 is 11.8 Å². The van der Waals surface area contributed by atoms with E-state index in [1.165, 1.54) is 0 Å². The Bertz CT molecular complexity index is 351. The van der Waals surface area contributed by atoms with Crippen molar-refractivity contribution in [3.63, 3.8) is 0 Å². The van der Waals surface area contributed by atoms with Crippen LogP contribution in [0.4, 0.5) is 0 Å². The minimum Gasteiger partial charge on any atom is -0.344 e. The zero-order valence-corrected chi connectivity index (χ0v) is 12.4. The lowest BCUT2D eigenvalue weighted by molar-refractivity contribution is -0.140. The van der Waals surface area contributed by atoms with Crippen molar-refractivity contribution in [3.8, 4) is 0 Å². The van der Waals surface area contributed by atoms with Gasteiger partial charge in [0.1, 0.15) is 6.04 Å². The highest BCUT2D eigenvalue weighted by Crippen LogP contribution is 2.37. The van der Waals surface area contributed by atoms with Gasteiger partial charge in [0.15, 0.2) is 0 Å². The average molecular weight is 266 g/mol. The van der Waals surface area contributed by atoms with Crippen molar-refractivity contribution in [3.05, 3.63) is 0 Å². The summed E-state index contributed by atoms with van der Waals surface area (Å²) in [5.41, 5.74) is -0.0729. The van der Waals surface area contributed by atoms with Crippen LogP contribution in [0.5, 0.6) is 0 Å². The van der Waals surface area contributed by atoms with Crippen LogP contribution >= 0.6 is 0 Å². The first kappa shape index (κ1) is 14.4. The third kappa shape index (κ3) is 2.63. The lowest BCUT2D eigenvalue weighted by Crippen LogP contribution is -2.55. The number of hydrogen-bond acceptors (Lipinski definition) is 2. The molecule has 1 atom stereocenters. The molecule has 1 aliphatic heterocycles. The summed E-state index contributed by atoms with van der Waals surface area (Å²) < 4.78 is 0. The second-order valence-corrected chi connectivity index (χ2v) is 5.91. The van der Waals surface area contributed by atoms with Crippen LogP contribution in [-0.4, -0.2) is 34.8 Å². The van der Waals surface area contributed by atoms with Crippen LogP contribution in [0, 0.1) is 5.92 Å². The van der Waals surface area contributed by atoms with Gasteiger partial charge in [0, 0.05) is 18.5 Å². The van der Waals surface area contributed by atoms with E-state index >= 15 is 0 Å². The van der Waals surface area contributed by atoms with Gasteiger partial charge in [-0.1, -0.05) is 20.8 Å². The molecule has 108 valence electrons. The van der Waals surface area contributed by atoms with Crippen LogP contribution in [0.2, 0.25) is 0 Å². The van der Waals surface area contributed by atoms with Crippen LogP contribution in [0.3, 0.4) is 0 Å². The van der Waals surface area contributed by atoms with E-state index < -0.39 is 0 Å². The van der Waals surface area contributed by atoms with Gasteiger partial charge in [0.25, 0.3) is 0 Å². The summed E-state index contributed by atoms with van der Waals surface area (Å²) in [7, 11) is 0.